The molecule has 0 amide bonds. The molecular weight excluding hydrogens is 399 g/mol. The molecule has 21 heavy (non-hydrogen) atoms. The Balaban J connectivity index is 2.49. The third-order valence-corrected chi connectivity index (χ3v) is 5.58. The van der Waals surface area contributed by atoms with Gasteiger partial charge < -0.3 is 0 Å². The average Bonchev–Trinajstić information content (AvgIpc) is 2.69. The maximum absolute atomic E-state index is 11.7. The summed E-state index contributed by atoms with van der Waals surface area (Å²) in [5.41, 5.74) is 1.35. The van der Waals surface area contributed by atoms with Crippen molar-refractivity contribution >= 4 is 47.3 Å². The predicted molar refractivity (Wildman–Crippen MR) is 87.5 cm³/mol. The summed E-state index contributed by atoms with van der Waals surface area (Å²) in [6, 6.07) is 7.61. The highest BCUT2D eigenvalue weighted by Crippen LogP contribution is 2.30. The Hall–Kier alpha value is -0.560. The monoisotopic (exact) mass is 410 g/mol. The number of aryl methyl sites for hydroxylation is 1. The lowest BCUT2D eigenvalue weighted by atomic mass is 10.2. The molecule has 114 valence electrons. The summed E-state index contributed by atoms with van der Waals surface area (Å²) in [4.78, 5) is -0.0836. The molecule has 0 spiro atoms. The van der Waals surface area contributed by atoms with E-state index in [-0.39, 0.29) is 10.0 Å². The van der Waals surface area contributed by atoms with E-state index in [2.05, 4.69) is 21.0 Å². The molecule has 0 aliphatic rings. The number of benzene rings is 1. The molecule has 0 atom stereocenters. The fraction of sp³-hybridized carbons (Fsp3) is 0.308. The van der Waals surface area contributed by atoms with Crippen molar-refractivity contribution in [2.45, 2.75) is 31.2 Å². The van der Waals surface area contributed by atoms with E-state index in [9.17, 15) is 8.42 Å². The number of aromatic nitrogens is 2. The molecule has 1 heterocycles. The van der Waals surface area contributed by atoms with Crippen LogP contribution in [-0.2, 0) is 22.0 Å². The zero-order chi connectivity index (χ0) is 15.6. The number of halogens is 3. The fourth-order valence-corrected chi connectivity index (χ4v) is 4.26. The second-order valence-electron chi connectivity index (χ2n) is 4.50. The Kier molecular flexibility index (Phi) is 5.35. The molecule has 1 aromatic heterocycles. The third kappa shape index (κ3) is 3.80. The topological polar surface area (TPSA) is 52.0 Å². The minimum Gasteiger partial charge on any atom is -0.248 e. The molecule has 0 radical (unpaired) electrons. The fourth-order valence-electron chi connectivity index (χ4n) is 2.01. The van der Waals surface area contributed by atoms with Crippen LogP contribution in [0.5, 0.6) is 0 Å². The summed E-state index contributed by atoms with van der Waals surface area (Å²) in [5.74, 6) is 0. The molecule has 0 bridgehead atoms. The molecule has 0 unspecified atom stereocenters. The van der Waals surface area contributed by atoms with Crippen LogP contribution < -0.4 is 0 Å². The highest BCUT2D eigenvalue weighted by atomic mass is 79.9. The van der Waals surface area contributed by atoms with Gasteiger partial charge in [-0.15, -0.1) is 0 Å². The average molecular weight is 412 g/mol. The van der Waals surface area contributed by atoms with Crippen molar-refractivity contribution in [3.8, 4) is 0 Å². The van der Waals surface area contributed by atoms with Crippen LogP contribution >= 0.6 is 38.2 Å². The van der Waals surface area contributed by atoms with Gasteiger partial charge in [-0.1, -0.05) is 59.1 Å². The predicted octanol–water partition coefficient (Wildman–Crippen LogP) is 4.23. The van der Waals surface area contributed by atoms with Crippen molar-refractivity contribution in [3.63, 3.8) is 0 Å². The Morgan fingerprint density at radius 3 is 2.57 bits per heavy atom. The van der Waals surface area contributed by atoms with Gasteiger partial charge in [-0.3, -0.25) is 0 Å². The van der Waals surface area contributed by atoms with Gasteiger partial charge in [0.05, 0.1) is 12.2 Å². The van der Waals surface area contributed by atoms with Gasteiger partial charge in [0.2, 0.25) is 0 Å². The van der Waals surface area contributed by atoms with Gasteiger partial charge in [-0.2, -0.15) is 5.10 Å². The van der Waals surface area contributed by atoms with Crippen LogP contribution in [0.4, 0.5) is 0 Å². The van der Waals surface area contributed by atoms with E-state index in [1.165, 1.54) is 4.68 Å². The Morgan fingerprint density at radius 2 is 2.00 bits per heavy atom. The molecule has 2 rings (SSSR count). The van der Waals surface area contributed by atoms with E-state index in [1.807, 2.05) is 31.2 Å². The molecule has 0 saturated heterocycles. The van der Waals surface area contributed by atoms with Gasteiger partial charge in [0.25, 0.3) is 9.05 Å². The summed E-state index contributed by atoms with van der Waals surface area (Å²) < 4.78 is 25.8. The summed E-state index contributed by atoms with van der Waals surface area (Å²) in [6.07, 6.45) is 1.26. The quantitative estimate of drug-likeness (QED) is 0.691. The van der Waals surface area contributed by atoms with Crippen molar-refractivity contribution in [3.05, 3.63) is 45.1 Å². The smallest absolute Gasteiger partial charge is 0.248 e. The van der Waals surface area contributed by atoms with Crippen LogP contribution in [0.3, 0.4) is 0 Å². The number of rotatable bonds is 5. The molecule has 1 aromatic carbocycles. The van der Waals surface area contributed by atoms with Crippen molar-refractivity contribution in [1.29, 1.82) is 0 Å². The lowest BCUT2D eigenvalue weighted by Crippen LogP contribution is -2.03. The largest absolute Gasteiger partial charge is 0.266 e. The van der Waals surface area contributed by atoms with Crippen LogP contribution in [0.25, 0.3) is 0 Å². The molecule has 2 aromatic rings. The van der Waals surface area contributed by atoms with Crippen molar-refractivity contribution in [2.24, 2.45) is 0 Å². The highest BCUT2D eigenvalue weighted by molar-refractivity contribution is 9.10. The van der Waals surface area contributed by atoms with Crippen molar-refractivity contribution < 1.29 is 8.42 Å². The molecule has 8 heteroatoms. The standard InChI is InChI=1S/C13H13BrCl2N2O2S/c1-2-5-11-12(21(16,19)20)13(15)18(17-11)8-9-6-3-4-7-10(9)14/h3-4,6-7H,2,5,8H2,1H3. The van der Waals surface area contributed by atoms with E-state index in [1.54, 1.807) is 0 Å². The normalized spacial score (nSPS) is 11.8. The Bertz CT molecular complexity index is 760. The van der Waals surface area contributed by atoms with Gasteiger partial charge in [0, 0.05) is 15.2 Å². The SMILES string of the molecule is CCCc1nn(Cc2ccccc2Br)c(Cl)c1S(=O)(=O)Cl. The molecule has 0 saturated carbocycles. The lowest BCUT2D eigenvalue weighted by molar-refractivity contribution is 0.608. The first kappa shape index (κ1) is 16.8. The Morgan fingerprint density at radius 1 is 1.33 bits per heavy atom. The first-order chi connectivity index (χ1) is 9.84. The van der Waals surface area contributed by atoms with E-state index < -0.39 is 9.05 Å². The van der Waals surface area contributed by atoms with E-state index >= 15 is 0 Å². The van der Waals surface area contributed by atoms with Gasteiger partial charge >= 0.3 is 0 Å². The van der Waals surface area contributed by atoms with Crippen LogP contribution in [0, 0.1) is 0 Å². The van der Waals surface area contributed by atoms with Crippen molar-refractivity contribution in [2.75, 3.05) is 0 Å². The minimum atomic E-state index is -3.92. The zero-order valence-corrected chi connectivity index (χ0v) is 15.1. The van der Waals surface area contributed by atoms with E-state index in [4.69, 9.17) is 22.3 Å². The first-order valence-electron chi connectivity index (χ1n) is 6.27. The Labute approximate surface area is 141 Å². The summed E-state index contributed by atoms with van der Waals surface area (Å²) in [7, 11) is 1.55. The first-order valence-corrected chi connectivity index (χ1v) is 9.76. The van der Waals surface area contributed by atoms with Gasteiger partial charge in [0.1, 0.15) is 10.0 Å². The maximum Gasteiger partial charge on any atom is 0.266 e. The second-order valence-corrected chi connectivity index (χ2v) is 8.22. The van der Waals surface area contributed by atoms with Gasteiger partial charge in [-0.25, -0.2) is 13.1 Å². The van der Waals surface area contributed by atoms with Crippen LogP contribution in [0.1, 0.15) is 24.6 Å². The third-order valence-electron chi connectivity index (χ3n) is 2.93. The van der Waals surface area contributed by atoms with Gasteiger partial charge in [-0.05, 0) is 18.1 Å². The second kappa shape index (κ2) is 6.69. The van der Waals surface area contributed by atoms with Crippen LogP contribution in [0.15, 0.2) is 33.6 Å². The summed E-state index contributed by atoms with van der Waals surface area (Å²) in [6.45, 7) is 2.30. The number of hydrogen-bond acceptors (Lipinski definition) is 3. The molecule has 0 fully saturated rings. The maximum atomic E-state index is 11.7. The molecular formula is C13H13BrCl2N2O2S. The molecule has 4 nitrogen and oxygen atoms in total. The van der Waals surface area contributed by atoms with Crippen LogP contribution in [-0.4, -0.2) is 18.2 Å². The summed E-state index contributed by atoms with van der Waals surface area (Å²) >= 11 is 9.62. The molecule has 0 aliphatic heterocycles. The van der Waals surface area contributed by atoms with Crippen LogP contribution in [0.2, 0.25) is 5.15 Å². The van der Waals surface area contributed by atoms with E-state index in [0.29, 0.717) is 18.7 Å². The molecule has 0 N–H and O–H groups in total. The highest BCUT2D eigenvalue weighted by Gasteiger charge is 2.26. The summed E-state index contributed by atoms with van der Waals surface area (Å²) in [5, 5.41) is 4.35. The number of hydrogen-bond donors (Lipinski definition) is 0. The molecule has 0 aliphatic carbocycles. The van der Waals surface area contributed by atoms with Crippen molar-refractivity contribution in [1.82, 2.24) is 9.78 Å². The van der Waals surface area contributed by atoms with Gasteiger partial charge in [0.15, 0.2) is 0 Å². The lowest BCUT2D eigenvalue weighted by Gasteiger charge is -2.05. The number of nitrogens with zero attached hydrogens (tertiary/aromatic N) is 2. The van der Waals surface area contributed by atoms with E-state index in [0.717, 1.165) is 16.5 Å². The minimum absolute atomic E-state index is 0.0456. The zero-order valence-electron chi connectivity index (χ0n) is 11.2.